The van der Waals surface area contributed by atoms with E-state index < -0.39 is 6.16 Å². The summed E-state index contributed by atoms with van der Waals surface area (Å²) in [6.45, 7) is 6.90. The molecule has 0 atom stereocenters. The van der Waals surface area contributed by atoms with Gasteiger partial charge in [0, 0.05) is 0 Å². The van der Waals surface area contributed by atoms with E-state index in [2.05, 4.69) is 23.0 Å². The first kappa shape index (κ1) is 8.01. The van der Waals surface area contributed by atoms with Crippen LogP contribution >= 0.6 is 0 Å². The first-order valence-electron chi connectivity index (χ1n) is 2.51. The van der Waals surface area contributed by atoms with Gasteiger partial charge in [-0.05, 0) is 6.92 Å². The molecule has 0 rings (SSSR count). The number of ether oxygens (including phenoxy) is 2. The number of carbonyl (C=O) groups is 1. The highest BCUT2D eigenvalue weighted by atomic mass is 16.7. The minimum Gasteiger partial charge on any atom is -0.434 e. The Bertz CT molecular complexity index is 98.5. The second-order valence-corrected chi connectivity index (χ2v) is 1.20. The quantitative estimate of drug-likeness (QED) is 0.423. The highest BCUT2D eigenvalue weighted by Crippen LogP contribution is 1.83. The predicted octanol–water partition coefficient (Wildman–Crippen LogP) is 1.16. The predicted molar refractivity (Wildman–Crippen MR) is 32.9 cm³/mol. The Morgan fingerprint density at radius 1 is 1.56 bits per heavy atom. The number of hydrogen-bond acceptors (Lipinski definition) is 3. The number of rotatable bonds is 3. The Morgan fingerprint density at radius 3 is 2.67 bits per heavy atom. The van der Waals surface area contributed by atoms with Crippen molar-refractivity contribution in [2.45, 2.75) is 0 Å². The third-order valence-corrected chi connectivity index (χ3v) is 0.539. The average molecular weight is 129 g/mol. The second-order valence-electron chi connectivity index (χ2n) is 1.20. The van der Waals surface area contributed by atoms with Crippen molar-refractivity contribution in [3.63, 3.8) is 0 Å². The van der Waals surface area contributed by atoms with Crippen molar-refractivity contribution < 1.29 is 14.3 Å². The van der Waals surface area contributed by atoms with Gasteiger partial charge in [0.15, 0.2) is 0 Å². The van der Waals surface area contributed by atoms with Crippen LogP contribution in [0, 0.1) is 6.92 Å². The van der Waals surface area contributed by atoms with Gasteiger partial charge in [-0.3, -0.25) is 0 Å². The average Bonchev–Trinajstić information content (AvgIpc) is 1.85. The zero-order chi connectivity index (χ0) is 7.11. The molecular formula is C6H9O3. The lowest BCUT2D eigenvalue weighted by Gasteiger charge is -1.99. The molecule has 0 bridgehead atoms. The molecule has 51 valence electrons. The summed E-state index contributed by atoms with van der Waals surface area (Å²) < 4.78 is 8.74. The maximum Gasteiger partial charge on any atom is 0.508 e. The Kier molecular flexibility index (Phi) is 4.59. The van der Waals surface area contributed by atoms with Gasteiger partial charge in [-0.15, -0.1) is 0 Å². The van der Waals surface area contributed by atoms with Crippen LogP contribution in [-0.2, 0) is 9.47 Å². The fourth-order valence-electron chi connectivity index (χ4n) is 0.252. The summed E-state index contributed by atoms with van der Waals surface area (Å²) >= 11 is 0. The molecule has 3 nitrogen and oxygen atoms in total. The van der Waals surface area contributed by atoms with Crippen LogP contribution in [0.25, 0.3) is 0 Å². The molecule has 1 radical (unpaired) electrons. The van der Waals surface area contributed by atoms with Gasteiger partial charge in [-0.1, -0.05) is 12.7 Å². The van der Waals surface area contributed by atoms with Gasteiger partial charge < -0.3 is 9.47 Å². The van der Waals surface area contributed by atoms with Crippen LogP contribution in [0.2, 0.25) is 0 Å². The van der Waals surface area contributed by atoms with Gasteiger partial charge >= 0.3 is 6.16 Å². The molecule has 9 heavy (non-hydrogen) atoms. The van der Waals surface area contributed by atoms with E-state index in [-0.39, 0.29) is 13.2 Å². The van der Waals surface area contributed by atoms with Crippen LogP contribution in [0.4, 0.5) is 4.79 Å². The lowest BCUT2D eigenvalue weighted by Crippen LogP contribution is -2.06. The highest BCUT2D eigenvalue weighted by Gasteiger charge is 1.97. The molecule has 0 amide bonds. The van der Waals surface area contributed by atoms with E-state index in [9.17, 15) is 4.79 Å². The zero-order valence-electron chi connectivity index (χ0n) is 5.13. The van der Waals surface area contributed by atoms with E-state index in [0.29, 0.717) is 0 Å². The first-order valence-corrected chi connectivity index (χ1v) is 2.51. The van der Waals surface area contributed by atoms with E-state index in [1.165, 1.54) is 6.08 Å². The summed E-state index contributed by atoms with van der Waals surface area (Å²) in [6, 6.07) is 0. The summed E-state index contributed by atoms with van der Waals surface area (Å²) in [7, 11) is 0. The molecule has 0 N–H and O–H groups in total. The lowest BCUT2D eigenvalue weighted by atomic mass is 10.7. The van der Waals surface area contributed by atoms with E-state index in [1.54, 1.807) is 0 Å². The van der Waals surface area contributed by atoms with Gasteiger partial charge in [0.25, 0.3) is 0 Å². The van der Waals surface area contributed by atoms with E-state index in [1.807, 2.05) is 0 Å². The molecule has 0 aliphatic rings. The summed E-state index contributed by atoms with van der Waals surface area (Å²) in [4.78, 5) is 10.3. The third-order valence-electron chi connectivity index (χ3n) is 0.539. The van der Waals surface area contributed by atoms with Gasteiger partial charge in [0.2, 0.25) is 0 Å². The first-order chi connectivity index (χ1) is 4.31. The molecule has 0 aliphatic carbocycles. The smallest absolute Gasteiger partial charge is 0.434 e. The Morgan fingerprint density at radius 2 is 2.22 bits per heavy atom. The normalized spacial score (nSPS) is 8.11. The Hall–Kier alpha value is -0.990. The molecule has 0 fully saturated rings. The fraction of sp³-hybridized carbons (Fsp3) is 0.333. The second kappa shape index (κ2) is 5.15. The highest BCUT2D eigenvalue weighted by molar-refractivity contribution is 5.59. The summed E-state index contributed by atoms with van der Waals surface area (Å²) in [5.74, 6) is 0. The Balaban J connectivity index is 3.16. The van der Waals surface area contributed by atoms with Crippen LogP contribution in [0.5, 0.6) is 0 Å². The van der Waals surface area contributed by atoms with Gasteiger partial charge in [0.05, 0.1) is 6.61 Å². The number of hydrogen-bond donors (Lipinski definition) is 0. The fourth-order valence-corrected chi connectivity index (χ4v) is 0.252. The molecule has 0 unspecified atom stereocenters. The van der Waals surface area contributed by atoms with Gasteiger partial charge in [-0.25, -0.2) is 4.79 Å². The summed E-state index contributed by atoms with van der Waals surface area (Å²) in [6.07, 6.45) is 0.759. The summed E-state index contributed by atoms with van der Waals surface area (Å²) in [5.41, 5.74) is 0. The maximum atomic E-state index is 10.3. The van der Waals surface area contributed by atoms with Crippen molar-refractivity contribution in [2.24, 2.45) is 0 Å². The maximum absolute atomic E-state index is 10.3. The van der Waals surface area contributed by atoms with Crippen LogP contribution < -0.4 is 0 Å². The van der Waals surface area contributed by atoms with E-state index in [4.69, 9.17) is 0 Å². The van der Waals surface area contributed by atoms with E-state index >= 15 is 0 Å². The standard InChI is InChI=1S/C6H9O3/c1-3-5-9-6(7)8-4-2/h3H,1-2,4-5H2. The van der Waals surface area contributed by atoms with Crippen molar-refractivity contribution >= 4 is 6.16 Å². The summed E-state index contributed by atoms with van der Waals surface area (Å²) in [5, 5.41) is 0. The van der Waals surface area contributed by atoms with Crippen molar-refractivity contribution in [3.8, 4) is 0 Å². The molecule has 0 aromatic carbocycles. The Labute approximate surface area is 54.3 Å². The zero-order valence-corrected chi connectivity index (χ0v) is 5.13. The molecule has 0 saturated heterocycles. The molecule has 0 saturated carbocycles. The molecule has 3 heteroatoms. The largest absolute Gasteiger partial charge is 0.508 e. The third kappa shape index (κ3) is 4.87. The SMILES string of the molecule is [CH2]COC(=O)OCC=C. The van der Waals surface area contributed by atoms with Crippen LogP contribution in [0.1, 0.15) is 0 Å². The molecule has 0 aromatic rings. The van der Waals surface area contributed by atoms with Crippen molar-refractivity contribution in [1.82, 2.24) is 0 Å². The molecular weight excluding hydrogens is 120 g/mol. The van der Waals surface area contributed by atoms with Gasteiger partial charge in [-0.2, -0.15) is 0 Å². The lowest BCUT2D eigenvalue weighted by molar-refractivity contribution is 0.0714. The van der Waals surface area contributed by atoms with Crippen LogP contribution in [0.15, 0.2) is 12.7 Å². The van der Waals surface area contributed by atoms with Crippen molar-refractivity contribution in [2.75, 3.05) is 13.2 Å². The monoisotopic (exact) mass is 129 g/mol. The topological polar surface area (TPSA) is 35.5 Å². The van der Waals surface area contributed by atoms with Crippen molar-refractivity contribution in [3.05, 3.63) is 19.6 Å². The van der Waals surface area contributed by atoms with Crippen LogP contribution in [0.3, 0.4) is 0 Å². The molecule has 0 heterocycles. The molecule has 0 aliphatic heterocycles. The minimum atomic E-state index is -0.704. The minimum absolute atomic E-state index is 0.0932. The molecule has 0 aromatic heterocycles. The number of carbonyl (C=O) groups excluding carboxylic acids is 1. The van der Waals surface area contributed by atoms with E-state index in [0.717, 1.165) is 0 Å². The molecule has 0 spiro atoms. The van der Waals surface area contributed by atoms with Gasteiger partial charge in [0.1, 0.15) is 6.61 Å². The van der Waals surface area contributed by atoms with Crippen LogP contribution in [-0.4, -0.2) is 19.4 Å². The van der Waals surface area contributed by atoms with Crippen molar-refractivity contribution in [1.29, 1.82) is 0 Å².